The summed E-state index contributed by atoms with van der Waals surface area (Å²) in [5.41, 5.74) is 1.30. The molecule has 1 aliphatic heterocycles. The molecule has 0 aliphatic carbocycles. The molecule has 1 heterocycles. The third kappa shape index (κ3) is 4.33. The number of amides is 3. The van der Waals surface area contributed by atoms with E-state index in [1.807, 2.05) is 12.1 Å². The number of nitrogens with zero attached hydrogens (tertiary/aromatic N) is 2. The Morgan fingerprint density at radius 1 is 1.15 bits per heavy atom. The number of halogens is 1. The number of urea groups is 1. The highest BCUT2D eigenvalue weighted by Gasteiger charge is 2.32. The lowest BCUT2D eigenvalue weighted by molar-refractivity contribution is -0.116. The van der Waals surface area contributed by atoms with E-state index in [0.29, 0.717) is 36.0 Å². The van der Waals surface area contributed by atoms with Crippen LogP contribution < -0.4 is 19.7 Å². The van der Waals surface area contributed by atoms with E-state index in [1.54, 1.807) is 49.5 Å². The van der Waals surface area contributed by atoms with Crippen molar-refractivity contribution in [3.05, 3.63) is 46.9 Å². The monoisotopic (exact) mass is 433 g/mol. The number of carbonyl (C=O) groups is 2. The maximum absolute atomic E-state index is 12.8. The molecule has 1 fully saturated rings. The fourth-order valence-corrected chi connectivity index (χ4v) is 3.30. The van der Waals surface area contributed by atoms with Crippen LogP contribution in [0, 0.1) is 0 Å². The van der Waals surface area contributed by atoms with E-state index in [0.717, 1.165) is 4.47 Å². The van der Waals surface area contributed by atoms with Crippen molar-refractivity contribution in [2.75, 3.05) is 44.1 Å². The number of ether oxygens (including phenoxy) is 2. The number of hydrogen-bond acceptors (Lipinski definition) is 4. The van der Waals surface area contributed by atoms with Crippen LogP contribution in [0.1, 0.15) is 0 Å². The molecule has 0 bridgehead atoms. The Morgan fingerprint density at radius 2 is 1.96 bits per heavy atom. The first kappa shape index (κ1) is 19.0. The van der Waals surface area contributed by atoms with Crippen LogP contribution in [0.25, 0.3) is 0 Å². The first-order valence-electron chi connectivity index (χ1n) is 8.35. The van der Waals surface area contributed by atoms with Crippen molar-refractivity contribution in [1.82, 2.24) is 4.90 Å². The van der Waals surface area contributed by atoms with E-state index in [-0.39, 0.29) is 18.5 Å². The number of methoxy groups -OCH3 is 2. The largest absolute Gasteiger partial charge is 0.497 e. The second-order valence-corrected chi connectivity index (χ2v) is 6.87. The molecule has 1 aliphatic rings. The molecule has 0 saturated carbocycles. The Bertz CT molecular complexity index is 859. The highest BCUT2D eigenvalue weighted by Crippen LogP contribution is 2.34. The molecule has 8 heteroatoms. The van der Waals surface area contributed by atoms with Gasteiger partial charge < -0.3 is 19.7 Å². The number of hydrogen-bond donors (Lipinski definition) is 1. The summed E-state index contributed by atoms with van der Waals surface area (Å²) in [6.45, 7) is 0.895. The van der Waals surface area contributed by atoms with Crippen molar-refractivity contribution in [1.29, 1.82) is 0 Å². The van der Waals surface area contributed by atoms with E-state index in [2.05, 4.69) is 21.2 Å². The van der Waals surface area contributed by atoms with Crippen LogP contribution in [0.4, 0.5) is 16.2 Å². The third-order valence-corrected chi connectivity index (χ3v) is 4.71. The van der Waals surface area contributed by atoms with Crippen LogP contribution in [0.2, 0.25) is 0 Å². The number of nitrogens with one attached hydrogen (secondary N) is 1. The Labute approximate surface area is 166 Å². The minimum Gasteiger partial charge on any atom is -0.497 e. The maximum atomic E-state index is 12.8. The van der Waals surface area contributed by atoms with Crippen molar-refractivity contribution in [3.8, 4) is 11.5 Å². The molecule has 142 valence electrons. The molecule has 27 heavy (non-hydrogen) atoms. The number of benzene rings is 2. The molecule has 2 aromatic carbocycles. The number of carbonyl (C=O) groups excluding carboxylic acids is 2. The smallest absolute Gasteiger partial charge is 0.325 e. The van der Waals surface area contributed by atoms with Gasteiger partial charge in [-0.2, -0.15) is 0 Å². The SMILES string of the molecule is COc1ccc(OC)c(N2CCN(CC(=O)Nc3cccc(Br)c3)C2=O)c1. The first-order chi connectivity index (χ1) is 13.0. The average molecular weight is 434 g/mol. The van der Waals surface area contributed by atoms with Crippen molar-refractivity contribution in [2.45, 2.75) is 0 Å². The topological polar surface area (TPSA) is 71.1 Å². The second-order valence-electron chi connectivity index (χ2n) is 5.95. The van der Waals surface area contributed by atoms with Gasteiger partial charge in [0, 0.05) is 29.3 Å². The molecule has 1 saturated heterocycles. The van der Waals surface area contributed by atoms with Crippen molar-refractivity contribution in [2.24, 2.45) is 0 Å². The minimum absolute atomic E-state index is 0.0197. The van der Waals surface area contributed by atoms with Crippen LogP contribution in [-0.2, 0) is 4.79 Å². The Kier molecular flexibility index (Phi) is 5.85. The average Bonchev–Trinajstić information content (AvgIpc) is 3.01. The maximum Gasteiger partial charge on any atom is 0.325 e. The normalized spacial score (nSPS) is 13.7. The third-order valence-electron chi connectivity index (χ3n) is 4.21. The zero-order chi connectivity index (χ0) is 19.4. The molecular weight excluding hydrogens is 414 g/mol. The summed E-state index contributed by atoms with van der Waals surface area (Å²) in [7, 11) is 3.12. The van der Waals surface area contributed by atoms with E-state index < -0.39 is 0 Å². The van der Waals surface area contributed by atoms with Crippen molar-refractivity contribution >= 4 is 39.2 Å². The Morgan fingerprint density at radius 3 is 2.67 bits per heavy atom. The lowest BCUT2D eigenvalue weighted by Crippen LogP contribution is -2.37. The molecule has 3 amide bonds. The number of rotatable bonds is 6. The molecule has 0 radical (unpaired) electrons. The van der Waals surface area contributed by atoms with Gasteiger partial charge in [0.15, 0.2) is 0 Å². The van der Waals surface area contributed by atoms with Gasteiger partial charge in [-0.15, -0.1) is 0 Å². The zero-order valence-corrected chi connectivity index (χ0v) is 16.7. The van der Waals surface area contributed by atoms with Gasteiger partial charge >= 0.3 is 6.03 Å². The predicted octanol–water partition coefficient (Wildman–Crippen LogP) is 3.35. The molecule has 0 atom stereocenters. The second kappa shape index (κ2) is 8.30. The fourth-order valence-electron chi connectivity index (χ4n) is 2.90. The quantitative estimate of drug-likeness (QED) is 0.757. The van der Waals surface area contributed by atoms with Gasteiger partial charge in [-0.1, -0.05) is 22.0 Å². The molecule has 0 spiro atoms. The van der Waals surface area contributed by atoms with Crippen LogP contribution in [-0.4, -0.2) is 50.7 Å². The minimum atomic E-state index is -0.249. The van der Waals surface area contributed by atoms with Gasteiger partial charge in [0.05, 0.1) is 19.9 Å². The van der Waals surface area contributed by atoms with Crippen molar-refractivity contribution in [3.63, 3.8) is 0 Å². The van der Waals surface area contributed by atoms with Crippen LogP contribution in [0.15, 0.2) is 46.9 Å². The molecule has 1 N–H and O–H groups in total. The molecular formula is C19H20BrN3O4. The lowest BCUT2D eigenvalue weighted by Gasteiger charge is -2.21. The van der Waals surface area contributed by atoms with Gasteiger partial charge in [-0.3, -0.25) is 9.69 Å². The standard InChI is InChI=1S/C19H20BrN3O4/c1-26-15-6-7-17(27-2)16(11-15)23-9-8-22(19(23)25)12-18(24)21-14-5-3-4-13(20)10-14/h3-7,10-11H,8-9,12H2,1-2H3,(H,21,24). The van der Waals surface area contributed by atoms with Crippen molar-refractivity contribution < 1.29 is 19.1 Å². The van der Waals surface area contributed by atoms with Gasteiger partial charge in [0.2, 0.25) is 5.91 Å². The van der Waals surface area contributed by atoms with Gasteiger partial charge in [0.1, 0.15) is 18.0 Å². The molecule has 2 aromatic rings. The van der Waals surface area contributed by atoms with E-state index in [9.17, 15) is 9.59 Å². The van der Waals surface area contributed by atoms with E-state index in [4.69, 9.17) is 9.47 Å². The predicted molar refractivity (Wildman–Crippen MR) is 107 cm³/mol. The zero-order valence-electron chi connectivity index (χ0n) is 15.1. The van der Waals surface area contributed by atoms with Gasteiger partial charge in [-0.05, 0) is 30.3 Å². The molecule has 3 rings (SSSR count). The Hall–Kier alpha value is -2.74. The summed E-state index contributed by atoms with van der Waals surface area (Å²) in [4.78, 5) is 28.2. The lowest BCUT2D eigenvalue weighted by atomic mass is 10.2. The molecule has 7 nitrogen and oxygen atoms in total. The fraction of sp³-hybridized carbons (Fsp3) is 0.263. The molecule has 0 aromatic heterocycles. The van der Waals surface area contributed by atoms with Crippen LogP contribution in [0.3, 0.4) is 0 Å². The van der Waals surface area contributed by atoms with Crippen LogP contribution >= 0.6 is 15.9 Å². The first-order valence-corrected chi connectivity index (χ1v) is 9.15. The highest BCUT2D eigenvalue weighted by atomic mass is 79.9. The Balaban J connectivity index is 1.69. The summed E-state index contributed by atoms with van der Waals surface area (Å²) in [6.07, 6.45) is 0. The van der Waals surface area contributed by atoms with Gasteiger partial charge in [0.25, 0.3) is 0 Å². The summed E-state index contributed by atoms with van der Waals surface area (Å²) in [6, 6.07) is 12.3. The summed E-state index contributed by atoms with van der Waals surface area (Å²) in [5.74, 6) is 0.954. The van der Waals surface area contributed by atoms with E-state index in [1.165, 1.54) is 4.90 Å². The van der Waals surface area contributed by atoms with Crippen LogP contribution in [0.5, 0.6) is 11.5 Å². The number of anilines is 2. The van der Waals surface area contributed by atoms with E-state index >= 15 is 0 Å². The summed E-state index contributed by atoms with van der Waals surface area (Å²) in [5, 5.41) is 2.80. The highest BCUT2D eigenvalue weighted by molar-refractivity contribution is 9.10. The summed E-state index contributed by atoms with van der Waals surface area (Å²) >= 11 is 3.36. The summed E-state index contributed by atoms with van der Waals surface area (Å²) < 4.78 is 11.5. The molecule has 0 unspecified atom stereocenters. The van der Waals surface area contributed by atoms with Gasteiger partial charge in [-0.25, -0.2) is 4.79 Å².